The number of carbonyl (C=O) groups is 4. The Balaban J connectivity index is 1.51. The Bertz CT molecular complexity index is 1460. The first kappa shape index (κ1) is 26.4. The van der Waals surface area contributed by atoms with E-state index in [4.69, 9.17) is 0 Å². The van der Waals surface area contributed by atoms with Crippen molar-refractivity contribution in [2.45, 2.75) is 63.9 Å². The highest BCUT2D eigenvalue weighted by Crippen LogP contribution is 2.46. The number of nitrogens with zero attached hydrogens (tertiary/aromatic N) is 1. The highest BCUT2D eigenvalue weighted by Gasteiger charge is 2.49. The molecule has 3 heterocycles. The van der Waals surface area contributed by atoms with Gasteiger partial charge in [-0.25, -0.2) is 4.79 Å². The largest absolute Gasteiger partial charge is 0.480 e. The van der Waals surface area contributed by atoms with E-state index in [0.29, 0.717) is 12.0 Å². The number of carbonyl (C=O) groups excluding carboxylic acids is 3. The monoisotopic (exact) mass is 532 g/mol. The quantitative estimate of drug-likeness (QED) is 0.300. The molecule has 39 heavy (non-hydrogen) atoms. The molecule has 0 radical (unpaired) electrons. The Morgan fingerprint density at radius 2 is 1.74 bits per heavy atom. The third kappa shape index (κ3) is 4.44. The van der Waals surface area contributed by atoms with Crippen LogP contribution in [0.3, 0.4) is 0 Å². The number of para-hydroxylation sites is 1. The zero-order valence-electron chi connectivity index (χ0n) is 22.0. The predicted octanol–water partition coefficient (Wildman–Crippen LogP) is 2.12. The fourth-order valence-electron chi connectivity index (χ4n) is 5.72. The highest BCUT2D eigenvalue weighted by molar-refractivity contribution is 6.04. The number of rotatable bonds is 8. The Morgan fingerprint density at radius 1 is 1.05 bits per heavy atom. The number of hydrogen-bond donors (Lipinski definition) is 5. The van der Waals surface area contributed by atoms with Crippen LogP contribution >= 0.6 is 0 Å². The number of aliphatic hydroxyl groups is 1. The van der Waals surface area contributed by atoms with Crippen LogP contribution in [0.15, 0.2) is 48.5 Å². The van der Waals surface area contributed by atoms with Crippen LogP contribution in [0.5, 0.6) is 0 Å². The summed E-state index contributed by atoms with van der Waals surface area (Å²) in [5.74, 6) is -3.19. The van der Waals surface area contributed by atoms with Crippen LogP contribution in [0, 0.1) is 5.92 Å². The minimum Gasteiger partial charge on any atom is -0.480 e. The van der Waals surface area contributed by atoms with E-state index in [1.165, 1.54) is 6.92 Å². The van der Waals surface area contributed by atoms with Gasteiger partial charge >= 0.3 is 5.97 Å². The molecule has 10 nitrogen and oxygen atoms in total. The normalized spacial score (nSPS) is 20.8. The molecule has 1 aromatic heterocycles. The van der Waals surface area contributed by atoms with Crippen molar-refractivity contribution in [1.29, 1.82) is 0 Å². The molecule has 0 unspecified atom stereocenters. The van der Waals surface area contributed by atoms with Gasteiger partial charge < -0.3 is 30.7 Å². The summed E-state index contributed by atoms with van der Waals surface area (Å²) in [6.45, 7) is 4.91. The number of benzene rings is 2. The Labute approximate surface area is 225 Å². The summed E-state index contributed by atoms with van der Waals surface area (Å²) < 4.78 is 0. The lowest BCUT2D eigenvalue weighted by atomic mass is 9.89. The van der Waals surface area contributed by atoms with Crippen LogP contribution in [0.1, 0.15) is 60.4 Å². The van der Waals surface area contributed by atoms with E-state index in [1.54, 1.807) is 24.0 Å². The average Bonchev–Trinajstić information content (AvgIpc) is 3.44. The molecule has 3 amide bonds. The number of carboxylic acid groups (broad SMARTS) is 1. The van der Waals surface area contributed by atoms with Gasteiger partial charge in [-0.2, -0.15) is 0 Å². The molecule has 5 N–H and O–H groups in total. The molecular weight excluding hydrogens is 500 g/mol. The fraction of sp³-hybridized carbons (Fsp3) is 0.379. The van der Waals surface area contributed by atoms with E-state index in [9.17, 15) is 29.4 Å². The lowest BCUT2D eigenvalue weighted by Gasteiger charge is -2.38. The minimum atomic E-state index is -1.52. The summed E-state index contributed by atoms with van der Waals surface area (Å²) in [5.41, 5.74) is 4.07. The molecule has 3 aromatic rings. The number of aliphatic hydroxyl groups excluding tert-OH is 1. The van der Waals surface area contributed by atoms with Crippen molar-refractivity contribution in [3.63, 3.8) is 0 Å². The molecule has 0 saturated carbocycles. The van der Waals surface area contributed by atoms with Gasteiger partial charge in [0.2, 0.25) is 11.8 Å². The topological polar surface area (TPSA) is 152 Å². The number of aliphatic carboxylic acids is 1. The second-order valence-electron chi connectivity index (χ2n) is 10.4. The van der Waals surface area contributed by atoms with Gasteiger partial charge in [0.25, 0.3) is 5.91 Å². The minimum absolute atomic E-state index is 0.252. The number of amides is 3. The summed E-state index contributed by atoms with van der Waals surface area (Å²) in [4.78, 5) is 57.4. The van der Waals surface area contributed by atoms with Crippen LogP contribution in [-0.2, 0) is 20.8 Å². The van der Waals surface area contributed by atoms with Crippen molar-refractivity contribution in [1.82, 2.24) is 20.5 Å². The summed E-state index contributed by atoms with van der Waals surface area (Å²) in [6.07, 6.45) is -0.555. The molecule has 0 spiro atoms. The lowest BCUT2D eigenvalue weighted by molar-refractivity contribution is -0.145. The van der Waals surface area contributed by atoms with E-state index in [-0.39, 0.29) is 18.2 Å². The maximum Gasteiger partial charge on any atom is 0.328 e. The van der Waals surface area contributed by atoms with Gasteiger partial charge in [0, 0.05) is 28.6 Å². The second-order valence-corrected chi connectivity index (χ2v) is 10.4. The first-order valence-corrected chi connectivity index (χ1v) is 13.2. The lowest BCUT2D eigenvalue weighted by Crippen LogP contribution is -2.60. The third-order valence-corrected chi connectivity index (χ3v) is 7.99. The molecule has 2 aromatic carbocycles. The molecule has 6 atom stereocenters. The van der Waals surface area contributed by atoms with Gasteiger partial charge in [0.1, 0.15) is 12.1 Å². The second kappa shape index (κ2) is 10.2. The van der Waals surface area contributed by atoms with Gasteiger partial charge in [0.15, 0.2) is 6.04 Å². The van der Waals surface area contributed by atoms with E-state index in [0.717, 1.165) is 27.7 Å². The smallest absolute Gasteiger partial charge is 0.328 e. The molecule has 2 aliphatic rings. The first-order valence-electron chi connectivity index (χ1n) is 13.2. The molecule has 10 heteroatoms. The molecule has 0 bridgehead atoms. The molecule has 5 rings (SSSR count). The summed E-state index contributed by atoms with van der Waals surface area (Å²) in [6, 6.07) is 11.1. The van der Waals surface area contributed by atoms with Crippen LogP contribution in [0.2, 0.25) is 0 Å². The predicted molar refractivity (Wildman–Crippen MR) is 143 cm³/mol. The van der Waals surface area contributed by atoms with Gasteiger partial charge in [-0.05, 0) is 36.1 Å². The van der Waals surface area contributed by atoms with Crippen molar-refractivity contribution in [2.24, 2.45) is 5.92 Å². The van der Waals surface area contributed by atoms with Gasteiger partial charge in [-0.1, -0.05) is 56.7 Å². The highest BCUT2D eigenvalue weighted by atomic mass is 16.4. The number of fused-ring (bicyclic) bond motifs is 7. The van der Waals surface area contributed by atoms with E-state index < -0.39 is 48.1 Å². The van der Waals surface area contributed by atoms with Crippen LogP contribution in [0.25, 0.3) is 10.9 Å². The zero-order valence-corrected chi connectivity index (χ0v) is 22.0. The van der Waals surface area contributed by atoms with Crippen LogP contribution in [-0.4, -0.2) is 68.0 Å². The SMILES string of the molecule is CC[C@@H](C)[C@H](NC(=O)[C@@H]1Cc2c([nH]c3ccccc23)[C@H]2c3ccccc3C(=O)N21)C(=O)N[C@H](C(=O)O)[C@@H](C)O. The van der Waals surface area contributed by atoms with E-state index in [2.05, 4.69) is 15.6 Å². The van der Waals surface area contributed by atoms with Crippen molar-refractivity contribution in [2.75, 3.05) is 0 Å². The van der Waals surface area contributed by atoms with Gasteiger partial charge in [0.05, 0.1) is 12.1 Å². The first-order chi connectivity index (χ1) is 18.6. The fourth-order valence-corrected chi connectivity index (χ4v) is 5.72. The van der Waals surface area contributed by atoms with E-state index in [1.807, 2.05) is 43.3 Å². The summed E-state index contributed by atoms with van der Waals surface area (Å²) in [5, 5.41) is 25.4. The van der Waals surface area contributed by atoms with Crippen molar-refractivity contribution < 1.29 is 29.4 Å². The number of H-pyrrole nitrogens is 1. The van der Waals surface area contributed by atoms with E-state index >= 15 is 0 Å². The van der Waals surface area contributed by atoms with Crippen LogP contribution < -0.4 is 10.6 Å². The molecule has 0 fully saturated rings. The number of hydrogen-bond acceptors (Lipinski definition) is 5. The molecule has 2 aliphatic heterocycles. The Kier molecular flexibility index (Phi) is 6.90. The summed E-state index contributed by atoms with van der Waals surface area (Å²) >= 11 is 0. The molecule has 0 aliphatic carbocycles. The van der Waals surface area contributed by atoms with Crippen molar-refractivity contribution in [3.8, 4) is 0 Å². The number of carboxylic acids is 1. The average molecular weight is 533 g/mol. The van der Waals surface area contributed by atoms with Crippen LogP contribution in [0.4, 0.5) is 0 Å². The van der Waals surface area contributed by atoms with Crippen molar-refractivity contribution >= 4 is 34.6 Å². The molecule has 204 valence electrons. The summed E-state index contributed by atoms with van der Waals surface area (Å²) in [7, 11) is 0. The number of aromatic nitrogens is 1. The maximum atomic E-state index is 13.9. The van der Waals surface area contributed by atoms with Gasteiger partial charge in [-0.15, -0.1) is 0 Å². The Morgan fingerprint density at radius 3 is 2.44 bits per heavy atom. The number of aromatic amines is 1. The molecular formula is C29H32N4O6. The third-order valence-electron chi connectivity index (χ3n) is 7.99. The molecule has 0 saturated heterocycles. The number of nitrogens with one attached hydrogen (secondary N) is 3. The zero-order chi connectivity index (χ0) is 28.0. The standard InChI is InChI=1S/C29H32N4O6/c1-4-14(2)22(27(36)32-23(15(3)34)29(38)39)31-26(35)21-13-19-16-9-7-8-12-20(16)30-24(19)25-17-10-5-6-11-18(17)28(37)33(21)25/h5-12,14-15,21-23,25,30,34H,4,13H2,1-3H3,(H,31,35)(H,32,36)(H,38,39)/t14-,15-,21+,22+,23+,25-/m1/s1. The Hall–Kier alpha value is -4.18. The van der Waals surface area contributed by atoms with Crippen molar-refractivity contribution in [3.05, 3.63) is 70.9 Å². The maximum absolute atomic E-state index is 13.9. The van der Waals surface area contributed by atoms with Gasteiger partial charge in [-0.3, -0.25) is 14.4 Å².